The number of carbonyl (C=O) groups is 1. The van der Waals surface area contributed by atoms with E-state index in [2.05, 4.69) is 0 Å². The number of methoxy groups -OCH3 is 1. The molecule has 0 unspecified atom stereocenters. The van der Waals surface area contributed by atoms with Crippen molar-refractivity contribution in [2.24, 2.45) is 0 Å². The van der Waals surface area contributed by atoms with Crippen molar-refractivity contribution in [2.75, 3.05) is 20.3 Å². The number of carbonyl (C=O) groups excluding carboxylic acids is 1. The van der Waals surface area contributed by atoms with Gasteiger partial charge in [0, 0.05) is 19.2 Å². The first kappa shape index (κ1) is 19.1. The van der Waals surface area contributed by atoms with E-state index >= 15 is 0 Å². The largest absolute Gasteiger partial charge is 0.497 e. The summed E-state index contributed by atoms with van der Waals surface area (Å²) in [6.07, 6.45) is 1.37. The average Bonchev–Trinajstić information content (AvgIpc) is 2.66. The van der Waals surface area contributed by atoms with Gasteiger partial charge in [0.2, 0.25) is 10.0 Å². The van der Waals surface area contributed by atoms with Gasteiger partial charge in [-0.2, -0.15) is 4.31 Å². The Morgan fingerprint density at radius 1 is 1.15 bits per heavy atom. The van der Waals surface area contributed by atoms with Crippen LogP contribution in [0, 0.1) is 0 Å². The Kier molecular flexibility index (Phi) is 5.62. The van der Waals surface area contributed by atoms with Crippen molar-refractivity contribution < 1.29 is 22.7 Å². The van der Waals surface area contributed by atoms with Gasteiger partial charge >= 0.3 is 5.97 Å². The third-order valence-electron chi connectivity index (χ3n) is 4.29. The van der Waals surface area contributed by atoms with E-state index in [4.69, 9.17) is 9.47 Å². The van der Waals surface area contributed by atoms with Crippen LogP contribution >= 0.6 is 0 Å². The van der Waals surface area contributed by atoms with Crippen molar-refractivity contribution in [3.05, 3.63) is 65.7 Å². The maximum Gasteiger partial charge on any atom is 0.331 e. The zero-order chi connectivity index (χ0) is 19.4. The molecule has 27 heavy (non-hydrogen) atoms. The molecule has 0 bridgehead atoms. The van der Waals surface area contributed by atoms with Gasteiger partial charge in [-0.25, -0.2) is 13.2 Å². The molecule has 1 aliphatic heterocycles. The second-order valence-corrected chi connectivity index (χ2v) is 7.95. The molecule has 2 aromatic rings. The molecule has 0 saturated carbocycles. The summed E-state index contributed by atoms with van der Waals surface area (Å²) in [7, 11) is -2.09. The molecule has 0 saturated heterocycles. The molecule has 6 nitrogen and oxygen atoms in total. The maximum atomic E-state index is 13.0. The van der Waals surface area contributed by atoms with Crippen molar-refractivity contribution in [1.29, 1.82) is 0 Å². The average molecular weight is 387 g/mol. The van der Waals surface area contributed by atoms with Gasteiger partial charge in [-0.3, -0.25) is 0 Å². The second kappa shape index (κ2) is 7.94. The van der Waals surface area contributed by atoms with E-state index < -0.39 is 16.0 Å². The molecule has 0 fully saturated rings. The van der Waals surface area contributed by atoms with Crippen LogP contribution in [0.2, 0.25) is 0 Å². The molecule has 0 radical (unpaired) electrons. The minimum Gasteiger partial charge on any atom is -0.497 e. The number of hydrogen-bond acceptors (Lipinski definition) is 5. The highest BCUT2D eigenvalue weighted by Crippen LogP contribution is 2.34. The fourth-order valence-electron chi connectivity index (χ4n) is 2.98. The Morgan fingerprint density at radius 2 is 1.85 bits per heavy atom. The van der Waals surface area contributed by atoms with Gasteiger partial charge < -0.3 is 9.47 Å². The van der Waals surface area contributed by atoms with E-state index in [1.807, 2.05) is 12.1 Å². The number of esters is 1. The lowest BCUT2D eigenvalue weighted by Gasteiger charge is -2.30. The maximum absolute atomic E-state index is 13.0. The minimum absolute atomic E-state index is 0.101. The molecule has 2 aromatic carbocycles. The molecule has 142 valence electrons. The normalized spacial score (nSPS) is 17.3. The van der Waals surface area contributed by atoms with Gasteiger partial charge in [-0.15, -0.1) is 0 Å². The van der Waals surface area contributed by atoms with Crippen LogP contribution in [0.4, 0.5) is 0 Å². The Labute approximate surface area is 159 Å². The highest BCUT2D eigenvalue weighted by Gasteiger charge is 2.34. The molecule has 1 heterocycles. The Morgan fingerprint density at radius 3 is 2.52 bits per heavy atom. The predicted molar refractivity (Wildman–Crippen MR) is 102 cm³/mol. The number of sulfonamides is 1. The first-order chi connectivity index (χ1) is 13.0. The summed E-state index contributed by atoms with van der Waals surface area (Å²) in [5, 5.41) is 0. The summed E-state index contributed by atoms with van der Waals surface area (Å²) in [5.74, 6) is 0.222. The third-order valence-corrected chi connectivity index (χ3v) is 6.14. The van der Waals surface area contributed by atoms with Gasteiger partial charge in [0.1, 0.15) is 5.75 Å². The Hall–Kier alpha value is -2.64. The number of fused-ring (bicyclic) bond motifs is 1. The molecular formula is C20H21NO5S. The number of ether oxygens (including phenoxy) is 2. The summed E-state index contributed by atoms with van der Waals surface area (Å²) in [5.41, 5.74) is 1.98. The summed E-state index contributed by atoms with van der Waals surface area (Å²) in [6, 6.07) is 13.9. The number of benzene rings is 2. The molecule has 0 atom stereocenters. The van der Waals surface area contributed by atoms with Crippen molar-refractivity contribution in [1.82, 2.24) is 4.31 Å². The van der Waals surface area contributed by atoms with E-state index in [1.165, 1.54) is 10.4 Å². The molecule has 0 spiro atoms. The van der Waals surface area contributed by atoms with E-state index in [-0.39, 0.29) is 24.6 Å². The quantitative estimate of drug-likeness (QED) is 0.583. The minimum atomic E-state index is -3.67. The standard InChI is InChI=1S/C20H21NO5S/c1-3-26-20(22)12-16-14-21(13-15-8-10-17(25-2)11-9-15)27(23,24)19-7-5-4-6-18(16)19/h4-12H,3,13-14H2,1-2H3/b16-12+. The fourth-order valence-corrected chi connectivity index (χ4v) is 4.61. The molecule has 0 amide bonds. The highest BCUT2D eigenvalue weighted by atomic mass is 32.2. The first-order valence-electron chi connectivity index (χ1n) is 8.55. The van der Waals surface area contributed by atoms with Crippen LogP contribution < -0.4 is 4.74 Å². The fraction of sp³-hybridized carbons (Fsp3) is 0.250. The van der Waals surface area contributed by atoms with Gasteiger partial charge in [0.05, 0.1) is 18.6 Å². The van der Waals surface area contributed by atoms with Gasteiger partial charge in [0.15, 0.2) is 0 Å². The molecule has 0 aromatic heterocycles. The van der Waals surface area contributed by atoms with Crippen LogP contribution in [-0.2, 0) is 26.1 Å². The zero-order valence-corrected chi connectivity index (χ0v) is 16.0. The van der Waals surface area contributed by atoms with Crippen molar-refractivity contribution >= 4 is 21.6 Å². The molecule has 0 N–H and O–H groups in total. The highest BCUT2D eigenvalue weighted by molar-refractivity contribution is 7.89. The van der Waals surface area contributed by atoms with E-state index in [1.54, 1.807) is 50.4 Å². The van der Waals surface area contributed by atoms with Crippen LogP contribution in [0.15, 0.2) is 59.5 Å². The number of hydrogen-bond donors (Lipinski definition) is 0. The lowest BCUT2D eigenvalue weighted by molar-refractivity contribution is -0.137. The summed E-state index contributed by atoms with van der Waals surface area (Å²) >= 11 is 0. The van der Waals surface area contributed by atoms with Crippen molar-refractivity contribution in [2.45, 2.75) is 18.4 Å². The number of nitrogens with zero attached hydrogens (tertiary/aromatic N) is 1. The second-order valence-electron chi connectivity index (χ2n) is 6.04. The van der Waals surface area contributed by atoms with Crippen LogP contribution in [0.25, 0.3) is 5.57 Å². The lowest BCUT2D eigenvalue weighted by Crippen LogP contribution is -2.36. The number of rotatable bonds is 5. The van der Waals surface area contributed by atoms with Gasteiger partial charge in [0.25, 0.3) is 0 Å². The molecule has 3 rings (SSSR count). The summed E-state index contributed by atoms with van der Waals surface area (Å²) in [4.78, 5) is 12.1. The predicted octanol–water partition coefficient (Wildman–Crippen LogP) is 2.85. The van der Waals surface area contributed by atoms with Crippen molar-refractivity contribution in [3.8, 4) is 5.75 Å². The van der Waals surface area contributed by atoms with Crippen LogP contribution in [0.1, 0.15) is 18.1 Å². The molecular weight excluding hydrogens is 366 g/mol. The summed E-state index contributed by atoms with van der Waals surface area (Å²) in [6.45, 7) is 2.29. The first-order valence-corrected chi connectivity index (χ1v) is 9.99. The molecule has 7 heteroatoms. The lowest BCUT2D eigenvalue weighted by atomic mass is 10.0. The smallest absolute Gasteiger partial charge is 0.331 e. The molecule has 1 aliphatic rings. The Balaban J connectivity index is 1.98. The summed E-state index contributed by atoms with van der Waals surface area (Å²) < 4.78 is 37.6. The van der Waals surface area contributed by atoms with Crippen LogP contribution in [0.5, 0.6) is 5.75 Å². The van der Waals surface area contributed by atoms with Gasteiger partial charge in [-0.1, -0.05) is 30.3 Å². The molecule has 0 aliphatic carbocycles. The zero-order valence-electron chi connectivity index (χ0n) is 15.2. The van der Waals surface area contributed by atoms with E-state index in [0.717, 1.165) is 5.56 Å². The van der Waals surface area contributed by atoms with Crippen LogP contribution in [0.3, 0.4) is 0 Å². The Bertz CT molecular complexity index is 964. The SMILES string of the molecule is CCOC(=O)/C=C1\CN(Cc2ccc(OC)cc2)S(=O)(=O)c2ccccc21. The van der Waals surface area contributed by atoms with Crippen molar-refractivity contribution in [3.63, 3.8) is 0 Å². The van der Waals surface area contributed by atoms with E-state index in [9.17, 15) is 13.2 Å². The van der Waals surface area contributed by atoms with Gasteiger partial charge in [-0.05, 0) is 41.8 Å². The monoisotopic (exact) mass is 387 g/mol. The van der Waals surface area contributed by atoms with E-state index in [0.29, 0.717) is 16.9 Å². The third kappa shape index (κ3) is 4.04. The topological polar surface area (TPSA) is 72.9 Å². The van der Waals surface area contributed by atoms with Crippen LogP contribution in [-0.4, -0.2) is 39.0 Å².